The van der Waals surface area contributed by atoms with Crippen LogP contribution in [0.2, 0.25) is 0 Å². The largest absolute Gasteiger partial charge is 0.370 e. The third kappa shape index (κ3) is 3.49. The standard InChI is InChI=1S/C15H14BrN7/c16-9-4-5-11-12(7-9)22-13(21-11)8-2-1-3-10(6-8)20-15(19)23-14(17)18/h1-7H,(H,21,22)(H6,17,18,19,20,23). The van der Waals surface area contributed by atoms with Crippen LogP contribution < -0.4 is 17.2 Å². The molecule has 7 N–H and O–H groups in total. The van der Waals surface area contributed by atoms with Crippen LogP contribution in [0.4, 0.5) is 5.69 Å². The molecular formula is C15H14BrN7. The molecule has 1 heterocycles. The lowest BCUT2D eigenvalue weighted by atomic mass is 10.2. The zero-order valence-corrected chi connectivity index (χ0v) is 13.6. The normalized spacial score (nSPS) is 11.6. The summed E-state index contributed by atoms with van der Waals surface area (Å²) in [5.41, 5.74) is 19.5. The molecule has 0 amide bonds. The molecule has 0 unspecified atom stereocenters. The molecule has 0 saturated heterocycles. The second-order valence-corrected chi connectivity index (χ2v) is 5.72. The summed E-state index contributed by atoms with van der Waals surface area (Å²) in [4.78, 5) is 15.7. The van der Waals surface area contributed by atoms with Crippen molar-refractivity contribution in [1.82, 2.24) is 9.97 Å². The van der Waals surface area contributed by atoms with Crippen molar-refractivity contribution in [3.05, 3.63) is 46.9 Å². The Morgan fingerprint density at radius 1 is 1.09 bits per heavy atom. The van der Waals surface area contributed by atoms with E-state index in [-0.39, 0.29) is 11.9 Å². The van der Waals surface area contributed by atoms with Crippen LogP contribution in [0.15, 0.2) is 56.9 Å². The third-order valence-corrected chi connectivity index (χ3v) is 3.54. The SMILES string of the molecule is NC(N)=NC(N)=Nc1cccc(-c2nc3ccc(Br)cc3[nH]2)c1. The summed E-state index contributed by atoms with van der Waals surface area (Å²) in [6, 6.07) is 13.3. The van der Waals surface area contributed by atoms with Crippen LogP contribution in [0.5, 0.6) is 0 Å². The van der Waals surface area contributed by atoms with Crippen molar-refractivity contribution in [2.24, 2.45) is 27.2 Å². The van der Waals surface area contributed by atoms with Crippen molar-refractivity contribution in [1.29, 1.82) is 0 Å². The monoisotopic (exact) mass is 371 g/mol. The lowest BCUT2D eigenvalue weighted by Gasteiger charge is -2.00. The number of nitrogens with two attached hydrogens (primary N) is 3. The van der Waals surface area contributed by atoms with Crippen molar-refractivity contribution in [3.63, 3.8) is 0 Å². The average molecular weight is 372 g/mol. The molecule has 23 heavy (non-hydrogen) atoms. The molecule has 3 aromatic rings. The number of halogens is 1. The molecule has 116 valence electrons. The Hall–Kier alpha value is -2.87. The molecule has 7 nitrogen and oxygen atoms in total. The first-order valence-electron chi connectivity index (χ1n) is 6.71. The molecule has 0 spiro atoms. The Bertz CT molecular complexity index is 922. The molecule has 0 bridgehead atoms. The Labute approximate surface area is 140 Å². The maximum absolute atomic E-state index is 5.65. The van der Waals surface area contributed by atoms with Gasteiger partial charge in [-0.2, -0.15) is 4.99 Å². The van der Waals surface area contributed by atoms with Gasteiger partial charge in [0, 0.05) is 10.0 Å². The summed E-state index contributed by atoms with van der Waals surface area (Å²) < 4.78 is 0.989. The van der Waals surface area contributed by atoms with Gasteiger partial charge in [-0.1, -0.05) is 28.1 Å². The van der Waals surface area contributed by atoms with E-state index in [2.05, 4.69) is 35.9 Å². The highest BCUT2D eigenvalue weighted by molar-refractivity contribution is 9.10. The fourth-order valence-electron chi connectivity index (χ4n) is 2.13. The molecule has 1 aromatic heterocycles. The van der Waals surface area contributed by atoms with Crippen molar-refractivity contribution >= 4 is 44.6 Å². The van der Waals surface area contributed by atoms with Gasteiger partial charge >= 0.3 is 0 Å². The van der Waals surface area contributed by atoms with E-state index in [1.165, 1.54) is 0 Å². The third-order valence-electron chi connectivity index (χ3n) is 3.05. The summed E-state index contributed by atoms with van der Waals surface area (Å²) in [7, 11) is 0. The number of fused-ring (bicyclic) bond motifs is 1. The summed E-state index contributed by atoms with van der Waals surface area (Å²) >= 11 is 3.44. The number of H-pyrrole nitrogens is 1. The minimum absolute atomic E-state index is 0.00399. The Balaban J connectivity index is 1.99. The van der Waals surface area contributed by atoms with Crippen molar-refractivity contribution in [2.75, 3.05) is 0 Å². The van der Waals surface area contributed by atoms with Crippen LogP contribution in [0, 0.1) is 0 Å². The van der Waals surface area contributed by atoms with E-state index in [1.54, 1.807) is 6.07 Å². The molecule has 2 aromatic carbocycles. The van der Waals surface area contributed by atoms with E-state index in [9.17, 15) is 0 Å². The van der Waals surface area contributed by atoms with Gasteiger partial charge in [0.25, 0.3) is 0 Å². The number of imidazole rings is 1. The predicted octanol–water partition coefficient (Wildman–Crippen LogP) is 2.21. The molecule has 8 heteroatoms. The Morgan fingerprint density at radius 3 is 2.70 bits per heavy atom. The number of aromatic amines is 1. The van der Waals surface area contributed by atoms with Crippen molar-refractivity contribution < 1.29 is 0 Å². The maximum Gasteiger partial charge on any atom is 0.223 e. The van der Waals surface area contributed by atoms with E-state index in [1.807, 2.05) is 36.4 Å². The summed E-state index contributed by atoms with van der Waals surface area (Å²) in [6.45, 7) is 0. The van der Waals surface area contributed by atoms with E-state index >= 15 is 0 Å². The quantitative estimate of drug-likeness (QED) is 0.406. The van der Waals surface area contributed by atoms with Crippen LogP contribution in [0.3, 0.4) is 0 Å². The summed E-state index contributed by atoms with van der Waals surface area (Å²) in [5, 5.41) is 0. The number of aliphatic imine (C=N–C) groups is 2. The Kier molecular flexibility index (Phi) is 3.98. The first kappa shape index (κ1) is 15.0. The number of hydrogen-bond acceptors (Lipinski definition) is 2. The van der Waals surface area contributed by atoms with Crippen molar-refractivity contribution in [2.45, 2.75) is 0 Å². The predicted molar refractivity (Wildman–Crippen MR) is 96.3 cm³/mol. The summed E-state index contributed by atoms with van der Waals surface area (Å²) in [6.07, 6.45) is 0. The van der Waals surface area contributed by atoms with Gasteiger partial charge in [-0.25, -0.2) is 9.98 Å². The minimum atomic E-state index is -0.134. The molecule has 0 radical (unpaired) electrons. The van der Waals surface area contributed by atoms with Crippen LogP contribution in [-0.4, -0.2) is 21.9 Å². The number of hydrogen-bond donors (Lipinski definition) is 4. The number of nitrogens with one attached hydrogen (secondary N) is 1. The molecule has 0 atom stereocenters. The van der Waals surface area contributed by atoms with Gasteiger partial charge in [-0.15, -0.1) is 0 Å². The van der Waals surface area contributed by atoms with E-state index in [4.69, 9.17) is 17.2 Å². The second kappa shape index (κ2) is 6.09. The summed E-state index contributed by atoms with van der Waals surface area (Å²) in [5.74, 6) is 0.608. The van der Waals surface area contributed by atoms with Gasteiger partial charge < -0.3 is 22.2 Å². The molecule has 0 saturated carbocycles. The van der Waals surface area contributed by atoms with Gasteiger partial charge in [-0.05, 0) is 30.3 Å². The first-order valence-corrected chi connectivity index (χ1v) is 7.50. The lowest BCUT2D eigenvalue weighted by molar-refractivity contribution is 1.33. The van der Waals surface area contributed by atoms with Crippen LogP contribution in [0.25, 0.3) is 22.4 Å². The van der Waals surface area contributed by atoms with Gasteiger partial charge in [0.15, 0.2) is 5.96 Å². The highest BCUT2D eigenvalue weighted by Crippen LogP contribution is 2.25. The molecule has 0 fully saturated rings. The highest BCUT2D eigenvalue weighted by atomic mass is 79.9. The van der Waals surface area contributed by atoms with Crippen molar-refractivity contribution in [3.8, 4) is 11.4 Å². The Morgan fingerprint density at radius 2 is 1.91 bits per heavy atom. The number of nitrogens with zero attached hydrogens (tertiary/aromatic N) is 3. The lowest BCUT2D eigenvalue weighted by Crippen LogP contribution is -2.26. The molecule has 0 aliphatic heterocycles. The molecule has 0 aliphatic rings. The zero-order valence-electron chi connectivity index (χ0n) is 12.0. The van der Waals surface area contributed by atoms with Gasteiger partial charge in [0.05, 0.1) is 16.7 Å². The fourth-order valence-corrected chi connectivity index (χ4v) is 2.49. The smallest absolute Gasteiger partial charge is 0.223 e. The number of benzene rings is 2. The first-order chi connectivity index (χ1) is 11.0. The van der Waals surface area contributed by atoms with E-state index in [0.29, 0.717) is 5.69 Å². The number of guanidine groups is 2. The van der Waals surface area contributed by atoms with Gasteiger partial charge in [-0.3, -0.25) is 0 Å². The number of aromatic nitrogens is 2. The average Bonchev–Trinajstić information content (AvgIpc) is 2.89. The van der Waals surface area contributed by atoms with Crippen LogP contribution in [-0.2, 0) is 0 Å². The zero-order chi connectivity index (χ0) is 16.4. The van der Waals surface area contributed by atoms with Gasteiger partial charge in [0.2, 0.25) is 5.96 Å². The maximum atomic E-state index is 5.65. The molecule has 3 rings (SSSR count). The van der Waals surface area contributed by atoms with Crippen LogP contribution >= 0.6 is 15.9 Å². The van der Waals surface area contributed by atoms with Crippen LogP contribution in [0.1, 0.15) is 0 Å². The van der Waals surface area contributed by atoms with Gasteiger partial charge in [0.1, 0.15) is 5.82 Å². The minimum Gasteiger partial charge on any atom is -0.370 e. The number of rotatable bonds is 2. The topological polar surface area (TPSA) is 131 Å². The molecule has 0 aliphatic carbocycles. The highest BCUT2D eigenvalue weighted by Gasteiger charge is 2.06. The second-order valence-electron chi connectivity index (χ2n) is 4.80. The molecular weight excluding hydrogens is 358 g/mol. The van der Waals surface area contributed by atoms with E-state index in [0.717, 1.165) is 26.9 Å². The van der Waals surface area contributed by atoms with E-state index < -0.39 is 0 Å². The fraction of sp³-hybridized carbons (Fsp3) is 0.